The van der Waals surface area contributed by atoms with Crippen molar-refractivity contribution in [2.24, 2.45) is 0 Å². The molecule has 6 nitrogen and oxygen atoms in total. The van der Waals surface area contributed by atoms with E-state index < -0.39 is 6.61 Å². The van der Waals surface area contributed by atoms with E-state index in [4.69, 9.17) is 0 Å². The van der Waals surface area contributed by atoms with Crippen molar-refractivity contribution >= 4 is 5.91 Å². The van der Waals surface area contributed by atoms with Crippen LogP contribution in [0.5, 0.6) is 5.75 Å². The number of ether oxygens (including phenoxy) is 1. The Morgan fingerprint density at radius 1 is 1.10 bits per heavy atom. The standard InChI is InChI=1S/C23H24F2N4O2/c1-16-4-2-3-5-18(16)15-28-10-12-29(13-11-28)22(30)21-14-20(26-27-21)17-6-8-19(9-7-17)31-23(24)25/h2-9,14,23H,10-13,15H2,1H3,(H,26,27). The van der Waals surface area contributed by atoms with E-state index in [1.54, 1.807) is 18.2 Å². The molecule has 1 aliphatic heterocycles. The molecule has 1 amide bonds. The Hall–Kier alpha value is -3.26. The van der Waals surface area contributed by atoms with Crippen molar-refractivity contribution in [3.8, 4) is 17.0 Å². The SMILES string of the molecule is Cc1ccccc1CN1CCN(C(=O)c2cc(-c3ccc(OC(F)F)cc3)n[nH]2)CC1. The summed E-state index contributed by atoms with van der Waals surface area (Å²) in [6.07, 6.45) is 0. The minimum absolute atomic E-state index is 0.0779. The third-order valence-electron chi connectivity index (χ3n) is 5.50. The zero-order chi connectivity index (χ0) is 21.8. The number of aromatic nitrogens is 2. The van der Waals surface area contributed by atoms with Crippen molar-refractivity contribution in [2.75, 3.05) is 26.2 Å². The number of aromatic amines is 1. The molecule has 0 unspecified atom stereocenters. The topological polar surface area (TPSA) is 61.5 Å². The van der Waals surface area contributed by atoms with E-state index in [-0.39, 0.29) is 11.7 Å². The number of carbonyl (C=O) groups is 1. The van der Waals surface area contributed by atoms with Crippen LogP contribution in [-0.2, 0) is 6.54 Å². The largest absolute Gasteiger partial charge is 0.435 e. The molecule has 4 rings (SSSR count). The maximum atomic E-state index is 12.9. The van der Waals surface area contributed by atoms with Crippen LogP contribution in [0.1, 0.15) is 21.6 Å². The number of halogens is 2. The Morgan fingerprint density at radius 2 is 1.81 bits per heavy atom. The summed E-state index contributed by atoms with van der Waals surface area (Å²) in [5, 5.41) is 7.00. The van der Waals surface area contributed by atoms with Gasteiger partial charge in [-0.25, -0.2) is 0 Å². The first kappa shape index (κ1) is 21.0. The summed E-state index contributed by atoms with van der Waals surface area (Å²) >= 11 is 0. The Morgan fingerprint density at radius 3 is 2.48 bits per heavy atom. The predicted molar refractivity (Wildman–Crippen MR) is 113 cm³/mol. The highest BCUT2D eigenvalue weighted by atomic mass is 19.3. The number of hydrogen-bond donors (Lipinski definition) is 1. The van der Waals surface area contributed by atoms with Gasteiger partial charge in [-0.05, 0) is 48.4 Å². The number of rotatable bonds is 6. The smallest absolute Gasteiger partial charge is 0.387 e. The van der Waals surface area contributed by atoms with Gasteiger partial charge in [-0.1, -0.05) is 24.3 Å². The molecule has 1 aromatic heterocycles. The normalized spacial score (nSPS) is 14.8. The van der Waals surface area contributed by atoms with Gasteiger partial charge in [-0.2, -0.15) is 13.9 Å². The first-order valence-corrected chi connectivity index (χ1v) is 10.2. The van der Waals surface area contributed by atoms with Gasteiger partial charge in [-0.3, -0.25) is 14.8 Å². The molecule has 0 radical (unpaired) electrons. The minimum atomic E-state index is -2.86. The summed E-state index contributed by atoms with van der Waals surface area (Å²) in [5.41, 5.74) is 4.28. The zero-order valence-electron chi connectivity index (χ0n) is 17.2. The molecule has 1 N–H and O–H groups in total. The van der Waals surface area contributed by atoms with Gasteiger partial charge in [0.15, 0.2) is 0 Å². The first-order valence-electron chi connectivity index (χ1n) is 10.2. The Labute approximate surface area is 179 Å². The van der Waals surface area contributed by atoms with Crippen molar-refractivity contribution in [1.29, 1.82) is 0 Å². The number of amides is 1. The fraction of sp³-hybridized carbons (Fsp3) is 0.304. The molecular weight excluding hydrogens is 402 g/mol. The summed E-state index contributed by atoms with van der Waals surface area (Å²) in [5.74, 6) is -0.0129. The highest BCUT2D eigenvalue weighted by Gasteiger charge is 2.24. The van der Waals surface area contributed by atoms with Gasteiger partial charge >= 0.3 is 6.61 Å². The van der Waals surface area contributed by atoms with Gasteiger partial charge in [-0.15, -0.1) is 0 Å². The highest BCUT2D eigenvalue weighted by Crippen LogP contribution is 2.23. The van der Waals surface area contributed by atoms with Gasteiger partial charge in [0.25, 0.3) is 5.91 Å². The minimum Gasteiger partial charge on any atom is -0.435 e. The van der Waals surface area contributed by atoms with E-state index in [1.807, 2.05) is 11.0 Å². The molecule has 3 aromatic rings. The van der Waals surface area contributed by atoms with Crippen LogP contribution in [0.4, 0.5) is 8.78 Å². The molecule has 1 fully saturated rings. The summed E-state index contributed by atoms with van der Waals surface area (Å²) in [7, 11) is 0. The number of nitrogens with one attached hydrogen (secondary N) is 1. The lowest BCUT2D eigenvalue weighted by Crippen LogP contribution is -2.48. The fourth-order valence-corrected chi connectivity index (χ4v) is 3.69. The van der Waals surface area contributed by atoms with Crippen LogP contribution in [0.15, 0.2) is 54.6 Å². The van der Waals surface area contributed by atoms with Crippen molar-refractivity contribution in [1.82, 2.24) is 20.0 Å². The number of H-pyrrole nitrogens is 1. The second-order valence-electron chi connectivity index (χ2n) is 7.56. The summed E-state index contributed by atoms with van der Waals surface area (Å²) in [6.45, 7) is 3.06. The molecule has 162 valence electrons. The van der Waals surface area contributed by atoms with Crippen LogP contribution < -0.4 is 4.74 Å². The number of nitrogens with zero attached hydrogens (tertiary/aromatic N) is 3. The van der Waals surface area contributed by atoms with Gasteiger partial charge in [0.2, 0.25) is 0 Å². The molecule has 2 aromatic carbocycles. The summed E-state index contributed by atoms with van der Waals surface area (Å²) in [4.78, 5) is 17.1. The molecule has 0 saturated carbocycles. The number of carbonyl (C=O) groups excluding carboxylic acids is 1. The summed E-state index contributed by atoms with van der Waals surface area (Å²) < 4.78 is 28.9. The second-order valence-corrected chi connectivity index (χ2v) is 7.56. The van der Waals surface area contributed by atoms with E-state index in [0.717, 1.165) is 19.6 Å². The zero-order valence-corrected chi connectivity index (χ0v) is 17.2. The lowest BCUT2D eigenvalue weighted by molar-refractivity contribution is -0.0498. The quantitative estimate of drug-likeness (QED) is 0.649. The molecule has 2 heterocycles. The molecule has 0 bridgehead atoms. The van der Waals surface area contributed by atoms with E-state index in [1.165, 1.54) is 23.3 Å². The van der Waals surface area contributed by atoms with E-state index in [2.05, 4.69) is 45.0 Å². The molecule has 1 aliphatic rings. The van der Waals surface area contributed by atoms with Gasteiger partial charge in [0.05, 0.1) is 5.69 Å². The number of benzene rings is 2. The third-order valence-corrected chi connectivity index (χ3v) is 5.50. The van der Waals surface area contributed by atoms with Crippen LogP contribution in [0.25, 0.3) is 11.3 Å². The maximum Gasteiger partial charge on any atom is 0.387 e. The molecular formula is C23H24F2N4O2. The monoisotopic (exact) mass is 426 g/mol. The number of hydrogen-bond acceptors (Lipinski definition) is 4. The lowest BCUT2D eigenvalue weighted by Gasteiger charge is -2.34. The molecule has 0 spiro atoms. The van der Waals surface area contributed by atoms with Crippen molar-refractivity contribution in [2.45, 2.75) is 20.1 Å². The lowest BCUT2D eigenvalue weighted by atomic mass is 10.1. The Balaban J connectivity index is 1.34. The second kappa shape index (κ2) is 9.26. The highest BCUT2D eigenvalue weighted by molar-refractivity contribution is 5.93. The average molecular weight is 426 g/mol. The van der Waals surface area contributed by atoms with Crippen molar-refractivity contribution in [3.05, 3.63) is 71.4 Å². The third kappa shape index (κ3) is 5.08. The average Bonchev–Trinajstić information content (AvgIpc) is 3.26. The van der Waals surface area contributed by atoms with E-state index in [9.17, 15) is 13.6 Å². The number of aryl methyl sites for hydroxylation is 1. The number of alkyl halides is 2. The molecule has 1 saturated heterocycles. The maximum absolute atomic E-state index is 12.9. The molecule has 0 atom stereocenters. The van der Waals surface area contributed by atoms with E-state index in [0.29, 0.717) is 30.0 Å². The van der Waals surface area contributed by atoms with E-state index >= 15 is 0 Å². The van der Waals surface area contributed by atoms with Crippen LogP contribution in [-0.4, -0.2) is 58.7 Å². The number of piperazine rings is 1. The van der Waals surface area contributed by atoms with Crippen molar-refractivity contribution < 1.29 is 18.3 Å². The fourth-order valence-electron chi connectivity index (χ4n) is 3.69. The van der Waals surface area contributed by atoms with Crippen LogP contribution in [0, 0.1) is 6.92 Å². The van der Waals surface area contributed by atoms with Gasteiger partial charge < -0.3 is 9.64 Å². The Kier molecular flexibility index (Phi) is 6.27. The summed E-state index contributed by atoms with van der Waals surface area (Å²) in [6, 6.07) is 16.2. The van der Waals surface area contributed by atoms with Crippen LogP contribution >= 0.6 is 0 Å². The molecule has 0 aliphatic carbocycles. The van der Waals surface area contributed by atoms with Crippen LogP contribution in [0.3, 0.4) is 0 Å². The first-order chi connectivity index (χ1) is 15.0. The molecule has 31 heavy (non-hydrogen) atoms. The van der Waals surface area contributed by atoms with Crippen molar-refractivity contribution in [3.63, 3.8) is 0 Å². The van der Waals surface area contributed by atoms with Crippen LogP contribution in [0.2, 0.25) is 0 Å². The molecule has 8 heteroatoms. The van der Waals surface area contributed by atoms with Gasteiger partial charge in [0.1, 0.15) is 11.4 Å². The predicted octanol–water partition coefficient (Wildman–Crippen LogP) is 3.94. The van der Waals surface area contributed by atoms with Gasteiger partial charge in [0, 0.05) is 38.3 Å². The Bertz CT molecular complexity index is 1030.